The van der Waals surface area contributed by atoms with Crippen molar-refractivity contribution in [2.75, 3.05) is 38.2 Å². The lowest BCUT2D eigenvalue weighted by Gasteiger charge is -2.43. The van der Waals surface area contributed by atoms with Gasteiger partial charge in [0, 0.05) is 32.8 Å². The van der Waals surface area contributed by atoms with E-state index in [1.54, 1.807) is 24.1 Å². The van der Waals surface area contributed by atoms with Crippen LogP contribution in [0.4, 0.5) is 0 Å². The van der Waals surface area contributed by atoms with Crippen molar-refractivity contribution in [2.24, 2.45) is 0 Å². The Kier molecular flexibility index (Phi) is 5.55. The van der Waals surface area contributed by atoms with Gasteiger partial charge < -0.3 is 14.1 Å². The Morgan fingerprint density at radius 2 is 2.00 bits per heavy atom. The van der Waals surface area contributed by atoms with Crippen molar-refractivity contribution in [3.05, 3.63) is 35.3 Å². The molecule has 3 heterocycles. The molecule has 1 aromatic heterocycles. The van der Waals surface area contributed by atoms with Crippen molar-refractivity contribution in [3.63, 3.8) is 0 Å². The van der Waals surface area contributed by atoms with Crippen LogP contribution >= 0.6 is 0 Å². The lowest BCUT2D eigenvalue weighted by Crippen LogP contribution is -2.60. The summed E-state index contributed by atoms with van der Waals surface area (Å²) in [6, 6.07) is 2.85. The normalized spacial score (nSPS) is 25.1. The molecule has 2 atom stereocenters. The first-order valence-electron chi connectivity index (χ1n) is 8.77. The van der Waals surface area contributed by atoms with Gasteiger partial charge in [0.15, 0.2) is 15.6 Å². The summed E-state index contributed by atoms with van der Waals surface area (Å²) in [5.41, 5.74) is 1.20. The zero-order valence-corrected chi connectivity index (χ0v) is 16.3. The van der Waals surface area contributed by atoms with E-state index in [2.05, 4.69) is 11.0 Å². The van der Waals surface area contributed by atoms with Crippen molar-refractivity contribution in [3.8, 4) is 0 Å². The molecule has 3 rings (SSSR count). The summed E-state index contributed by atoms with van der Waals surface area (Å²) < 4.78 is 35.1. The van der Waals surface area contributed by atoms with Gasteiger partial charge in [-0.2, -0.15) is 0 Å². The number of rotatable bonds is 5. The smallest absolute Gasteiger partial charge is 0.289 e. The molecule has 1 amide bonds. The molecule has 0 radical (unpaired) electrons. The average molecular weight is 382 g/mol. The van der Waals surface area contributed by atoms with Crippen LogP contribution in [0.15, 0.2) is 28.2 Å². The highest BCUT2D eigenvalue weighted by Crippen LogP contribution is 2.28. The van der Waals surface area contributed by atoms with Crippen LogP contribution in [0.1, 0.15) is 30.2 Å². The Morgan fingerprint density at radius 1 is 1.27 bits per heavy atom. The number of piperazine rings is 1. The summed E-state index contributed by atoms with van der Waals surface area (Å²) in [7, 11) is -1.60. The van der Waals surface area contributed by atoms with Gasteiger partial charge in [-0.25, -0.2) is 8.42 Å². The van der Waals surface area contributed by atoms with E-state index < -0.39 is 9.84 Å². The molecule has 2 saturated heterocycles. The molecule has 2 fully saturated rings. The molecule has 0 unspecified atom stereocenters. The van der Waals surface area contributed by atoms with Gasteiger partial charge in [-0.1, -0.05) is 11.6 Å². The Balaban J connectivity index is 1.80. The summed E-state index contributed by atoms with van der Waals surface area (Å²) in [5, 5.41) is 0. The molecule has 2 aliphatic rings. The van der Waals surface area contributed by atoms with Gasteiger partial charge in [0.05, 0.1) is 17.5 Å². The number of hydrogen-bond donors (Lipinski definition) is 0. The van der Waals surface area contributed by atoms with Crippen LogP contribution in [0.3, 0.4) is 0 Å². The molecule has 26 heavy (non-hydrogen) atoms. The van der Waals surface area contributed by atoms with Crippen molar-refractivity contribution in [2.45, 2.75) is 32.5 Å². The summed E-state index contributed by atoms with van der Waals surface area (Å²) >= 11 is 0. The summed E-state index contributed by atoms with van der Waals surface area (Å²) in [6.45, 7) is 6.20. The molecule has 0 aromatic carbocycles. The summed E-state index contributed by atoms with van der Waals surface area (Å²) in [6.07, 6.45) is 2.10. The van der Waals surface area contributed by atoms with Gasteiger partial charge in [0.1, 0.15) is 12.4 Å². The highest BCUT2D eigenvalue weighted by molar-refractivity contribution is 7.91. The van der Waals surface area contributed by atoms with Crippen LogP contribution in [-0.4, -0.2) is 74.5 Å². The molecular formula is C18H26N2O5S. The van der Waals surface area contributed by atoms with E-state index >= 15 is 0 Å². The first-order valence-corrected chi connectivity index (χ1v) is 10.6. The topological polar surface area (TPSA) is 80.1 Å². The van der Waals surface area contributed by atoms with Crippen molar-refractivity contribution in [1.29, 1.82) is 0 Å². The minimum atomic E-state index is -3.16. The van der Waals surface area contributed by atoms with E-state index in [0.717, 1.165) is 0 Å². The molecule has 2 aliphatic heterocycles. The number of hydrogen-bond acceptors (Lipinski definition) is 6. The van der Waals surface area contributed by atoms with Crippen molar-refractivity contribution >= 4 is 15.7 Å². The van der Waals surface area contributed by atoms with Gasteiger partial charge in [-0.15, -0.1) is 0 Å². The van der Waals surface area contributed by atoms with Crippen molar-refractivity contribution in [1.82, 2.24) is 9.80 Å². The minimum absolute atomic E-state index is 0.0143. The third-order valence-corrected chi connectivity index (χ3v) is 6.64. The molecule has 1 aromatic rings. The maximum Gasteiger partial charge on any atom is 0.289 e. The highest BCUT2D eigenvalue weighted by atomic mass is 32.2. The number of ether oxygens (including phenoxy) is 1. The second-order valence-corrected chi connectivity index (χ2v) is 9.34. The quantitative estimate of drug-likeness (QED) is 0.715. The van der Waals surface area contributed by atoms with Gasteiger partial charge in [0.25, 0.3) is 5.91 Å². The van der Waals surface area contributed by atoms with E-state index in [4.69, 9.17) is 9.15 Å². The third kappa shape index (κ3) is 4.02. The number of carbonyl (C=O) groups is 1. The predicted octanol–water partition coefficient (Wildman–Crippen LogP) is 1.32. The maximum absolute atomic E-state index is 12.9. The van der Waals surface area contributed by atoms with Gasteiger partial charge in [-0.3, -0.25) is 9.69 Å². The number of amides is 1. The first-order chi connectivity index (χ1) is 12.3. The number of sulfone groups is 1. The first kappa shape index (κ1) is 19.1. The molecule has 0 spiro atoms. The van der Waals surface area contributed by atoms with Crippen LogP contribution in [0.5, 0.6) is 0 Å². The Hall–Kier alpha value is -1.64. The number of nitrogens with zero attached hydrogens (tertiary/aromatic N) is 2. The molecule has 0 bridgehead atoms. The van der Waals surface area contributed by atoms with Gasteiger partial charge >= 0.3 is 0 Å². The third-order valence-electron chi connectivity index (χ3n) is 4.94. The summed E-state index contributed by atoms with van der Waals surface area (Å²) in [4.78, 5) is 16.8. The number of carbonyl (C=O) groups excluding carboxylic acids is 1. The number of furan rings is 1. The molecular weight excluding hydrogens is 356 g/mol. The fourth-order valence-corrected chi connectivity index (χ4v) is 5.67. The van der Waals surface area contributed by atoms with E-state index in [0.29, 0.717) is 32.0 Å². The predicted molar refractivity (Wildman–Crippen MR) is 97.7 cm³/mol. The van der Waals surface area contributed by atoms with E-state index in [9.17, 15) is 13.2 Å². The second-order valence-electron chi connectivity index (χ2n) is 7.19. The fourth-order valence-electron chi connectivity index (χ4n) is 3.66. The van der Waals surface area contributed by atoms with Crippen LogP contribution in [-0.2, 0) is 21.2 Å². The molecule has 144 valence electrons. The van der Waals surface area contributed by atoms with Crippen LogP contribution in [0.25, 0.3) is 0 Å². The van der Waals surface area contributed by atoms with E-state index in [-0.39, 0.29) is 35.3 Å². The Morgan fingerprint density at radius 3 is 2.69 bits per heavy atom. The minimum Gasteiger partial charge on any atom is -0.453 e. The number of fused-ring (bicyclic) bond motifs is 1. The van der Waals surface area contributed by atoms with Gasteiger partial charge in [-0.05, 0) is 26.0 Å². The molecule has 0 aliphatic carbocycles. The molecule has 8 heteroatoms. The SMILES string of the molecule is COCc1ccc(C(=O)N2CCN(CC=C(C)C)[C@@H]3CS(=O)(=O)C[C@@H]32)o1. The van der Waals surface area contributed by atoms with Crippen molar-refractivity contribution < 1.29 is 22.4 Å². The van der Waals surface area contributed by atoms with E-state index in [1.807, 2.05) is 13.8 Å². The zero-order valence-electron chi connectivity index (χ0n) is 15.5. The standard InChI is InChI=1S/C18H26N2O5S/c1-13(2)6-7-19-8-9-20(16-12-26(22,23)11-15(16)19)18(21)17-5-4-14(25-17)10-24-3/h4-6,15-16H,7-12H2,1-3H3/t15-,16+/m1/s1. The number of allylic oxidation sites excluding steroid dienone is 1. The van der Waals surface area contributed by atoms with Crippen LogP contribution in [0, 0.1) is 0 Å². The maximum atomic E-state index is 12.9. The largest absolute Gasteiger partial charge is 0.453 e. The zero-order chi connectivity index (χ0) is 18.9. The average Bonchev–Trinajstić information content (AvgIpc) is 3.15. The Labute approximate surface area is 154 Å². The van der Waals surface area contributed by atoms with Crippen LogP contribution < -0.4 is 0 Å². The molecule has 7 nitrogen and oxygen atoms in total. The van der Waals surface area contributed by atoms with Crippen LogP contribution in [0.2, 0.25) is 0 Å². The lowest BCUT2D eigenvalue weighted by atomic mass is 10.0. The highest BCUT2D eigenvalue weighted by Gasteiger charge is 2.48. The lowest BCUT2D eigenvalue weighted by molar-refractivity contribution is 0.0338. The van der Waals surface area contributed by atoms with E-state index in [1.165, 1.54) is 5.57 Å². The number of methoxy groups -OCH3 is 1. The Bertz CT molecular complexity index is 794. The molecule has 0 N–H and O–H groups in total. The fraction of sp³-hybridized carbons (Fsp3) is 0.611. The molecule has 0 saturated carbocycles. The second kappa shape index (κ2) is 7.54. The van der Waals surface area contributed by atoms with Gasteiger partial charge in [0.2, 0.25) is 0 Å². The monoisotopic (exact) mass is 382 g/mol. The summed E-state index contributed by atoms with van der Waals surface area (Å²) in [5.74, 6) is 0.679.